The maximum atomic E-state index is 12.3. The fourth-order valence-electron chi connectivity index (χ4n) is 2.93. The van der Waals surface area contributed by atoms with Crippen LogP contribution in [0.5, 0.6) is 0 Å². The molecular formula is C19H21BrCl2N6OS. The molecule has 0 unspecified atom stereocenters. The SMILES string of the molecule is CCn1c(CCn2nc(C)c(Br)c2C)nnc1SCC(=O)Nc1ccc(Cl)cc1Cl. The summed E-state index contributed by atoms with van der Waals surface area (Å²) < 4.78 is 5.01. The number of carbonyl (C=O) groups excluding carboxylic acids is 1. The molecule has 2 heterocycles. The minimum absolute atomic E-state index is 0.177. The summed E-state index contributed by atoms with van der Waals surface area (Å²) in [4.78, 5) is 12.3. The summed E-state index contributed by atoms with van der Waals surface area (Å²) in [5.41, 5.74) is 2.58. The number of anilines is 1. The molecule has 0 bridgehead atoms. The number of nitrogens with zero attached hydrogens (tertiary/aromatic N) is 5. The Morgan fingerprint density at radius 3 is 2.67 bits per heavy atom. The molecule has 0 atom stereocenters. The minimum Gasteiger partial charge on any atom is -0.324 e. The third-order valence-electron chi connectivity index (χ3n) is 4.49. The lowest BCUT2D eigenvalue weighted by Crippen LogP contribution is -2.15. The Kier molecular flexibility index (Phi) is 7.84. The van der Waals surface area contributed by atoms with E-state index in [1.54, 1.807) is 18.2 Å². The number of halogens is 3. The summed E-state index contributed by atoms with van der Waals surface area (Å²) in [5.74, 6) is 0.885. The number of benzene rings is 1. The molecule has 3 rings (SSSR count). The smallest absolute Gasteiger partial charge is 0.234 e. The number of rotatable bonds is 8. The molecular weight excluding hydrogens is 511 g/mol. The van der Waals surface area contributed by atoms with Crippen LogP contribution >= 0.6 is 50.9 Å². The lowest BCUT2D eigenvalue weighted by molar-refractivity contribution is -0.113. The second kappa shape index (κ2) is 10.2. The van der Waals surface area contributed by atoms with E-state index in [1.165, 1.54) is 11.8 Å². The summed E-state index contributed by atoms with van der Waals surface area (Å²) in [5, 5.41) is 17.5. The first-order valence-electron chi connectivity index (χ1n) is 9.29. The number of carbonyl (C=O) groups is 1. The minimum atomic E-state index is -0.177. The van der Waals surface area contributed by atoms with Crippen molar-refractivity contribution < 1.29 is 4.79 Å². The summed E-state index contributed by atoms with van der Waals surface area (Å²) in [6.45, 7) is 7.46. The number of hydrogen-bond acceptors (Lipinski definition) is 5. The molecule has 30 heavy (non-hydrogen) atoms. The quantitative estimate of drug-likeness (QED) is 0.406. The number of hydrogen-bond donors (Lipinski definition) is 1. The van der Waals surface area contributed by atoms with Gasteiger partial charge in [-0.15, -0.1) is 10.2 Å². The van der Waals surface area contributed by atoms with E-state index in [9.17, 15) is 4.79 Å². The van der Waals surface area contributed by atoms with Crippen LogP contribution in [-0.4, -0.2) is 36.2 Å². The first-order valence-corrected chi connectivity index (χ1v) is 11.8. The number of aryl methyl sites for hydroxylation is 3. The number of amides is 1. The predicted molar refractivity (Wildman–Crippen MR) is 125 cm³/mol. The normalized spacial score (nSPS) is 11.1. The van der Waals surface area contributed by atoms with Gasteiger partial charge in [-0.25, -0.2) is 0 Å². The van der Waals surface area contributed by atoms with Crippen molar-refractivity contribution in [2.24, 2.45) is 0 Å². The summed E-state index contributed by atoms with van der Waals surface area (Å²) in [7, 11) is 0. The highest BCUT2D eigenvalue weighted by molar-refractivity contribution is 9.10. The van der Waals surface area contributed by atoms with Crippen LogP contribution in [0.3, 0.4) is 0 Å². The number of nitrogens with one attached hydrogen (secondary N) is 1. The molecule has 0 saturated heterocycles. The molecule has 2 aromatic heterocycles. The van der Waals surface area contributed by atoms with Crippen LogP contribution in [0.25, 0.3) is 0 Å². The molecule has 1 aromatic carbocycles. The van der Waals surface area contributed by atoms with E-state index in [4.69, 9.17) is 23.2 Å². The third kappa shape index (κ3) is 5.38. The van der Waals surface area contributed by atoms with Gasteiger partial charge in [0.05, 0.1) is 26.6 Å². The highest BCUT2D eigenvalue weighted by atomic mass is 79.9. The molecule has 7 nitrogen and oxygen atoms in total. The second-order valence-corrected chi connectivity index (χ2v) is 9.14. The molecule has 160 valence electrons. The van der Waals surface area contributed by atoms with E-state index >= 15 is 0 Å². The van der Waals surface area contributed by atoms with Crippen molar-refractivity contribution in [3.63, 3.8) is 0 Å². The Hall–Kier alpha value is -1.55. The second-order valence-electron chi connectivity index (χ2n) is 6.56. The van der Waals surface area contributed by atoms with E-state index in [-0.39, 0.29) is 11.7 Å². The Morgan fingerprint density at radius 2 is 2.03 bits per heavy atom. The number of aromatic nitrogens is 5. The Balaban J connectivity index is 1.61. The zero-order valence-electron chi connectivity index (χ0n) is 16.7. The van der Waals surface area contributed by atoms with Gasteiger partial charge in [-0.1, -0.05) is 35.0 Å². The Morgan fingerprint density at radius 1 is 1.27 bits per heavy atom. The fraction of sp³-hybridized carbons (Fsp3) is 0.368. The van der Waals surface area contributed by atoms with Gasteiger partial charge in [-0.3, -0.25) is 9.48 Å². The van der Waals surface area contributed by atoms with Gasteiger partial charge < -0.3 is 9.88 Å². The molecule has 0 aliphatic heterocycles. The maximum absolute atomic E-state index is 12.3. The van der Waals surface area contributed by atoms with E-state index < -0.39 is 0 Å². The van der Waals surface area contributed by atoms with Gasteiger partial charge in [0.15, 0.2) is 5.16 Å². The lowest BCUT2D eigenvalue weighted by atomic mass is 10.3. The molecule has 1 N–H and O–H groups in total. The number of thioether (sulfide) groups is 1. The van der Waals surface area contributed by atoms with Crippen molar-refractivity contribution in [1.29, 1.82) is 0 Å². The van der Waals surface area contributed by atoms with Gasteiger partial charge in [0.1, 0.15) is 5.82 Å². The standard InChI is InChI=1S/C19H21BrCl2N6OS/c1-4-27-16(7-8-28-12(3)18(20)11(2)26-28)24-25-19(27)30-10-17(29)23-15-6-5-13(21)9-14(15)22/h5-6,9H,4,7-8,10H2,1-3H3,(H,23,29). The molecule has 0 radical (unpaired) electrons. The van der Waals surface area contributed by atoms with Crippen LogP contribution in [0, 0.1) is 13.8 Å². The largest absolute Gasteiger partial charge is 0.324 e. The van der Waals surface area contributed by atoms with Crippen LogP contribution in [0.2, 0.25) is 10.0 Å². The van der Waals surface area contributed by atoms with E-state index in [0.717, 1.165) is 28.2 Å². The third-order valence-corrected chi connectivity index (χ3v) is 7.15. The summed E-state index contributed by atoms with van der Waals surface area (Å²) in [6, 6.07) is 4.95. The van der Waals surface area contributed by atoms with Crippen molar-refractivity contribution >= 4 is 62.5 Å². The van der Waals surface area contributed by atoms with E-state index in [1.807, 2.05) is 30.0 Å². The molecule has 0 aliphatic carbocycles. The molecule has 0 aliphatic rings. The molecule has 1 amide bonds. The maximum Gasteiger partial charge on any atom is 0.234 e. The highest BCUT2D eigenvalue weighted by Crippen LogP contribution is 2.26. The van der Waals surface area contributed by atoms with Gasteiger partial charge in [0.25, 0.3) is 0 Å². The molecule has 3 aromatic rings. The topological polar surface area (TPSA) is 77.6 Å². The van der Waals surface area contributed by atoms with Crippen LogP contribution in [0.15, 0.2) is 27.8 Å². The first kappa shape index (κ1) is 23.1. The van der Waals surface area contributed by atoms with Gasteiger partial charge in [0.2, 0.25) is 5.91 Å². The van der Waals surface area contributed by atoms with Gasteiger partial charge in [-0.2, -0.15) is 5.10 Å². The van der Waals surface area contributed by atoms with Crippen molar-refractivity contribution in [2.45, 2.75) is 45.4 Å². The predicted octanol–water partition coefficient (Wildman–Crippen LogP) is 5.15. The average molecular weight is 532 g/mol. The molecule has 0 saturated carbocycles. The monoisotopic (exact) mass is 530 g/mol. The lowest BCUT2D eigenvalue weighted by Gasteiger charge is -2.09. The Bertz CT molecular complexity index is 1070. The van der Waals surface area contributed by atoms with Crippen LogP contribution in [-0.2, 0) is 24.3 Å². The zero-order chi connectivity index (χ0) is 21.8. The summed E-state index contributed by atoms with van der Waals surface area (Å²) in [6.07, 6.45) is 0.697. The van der Waals surface area contributed by atoms with Crippen molar-refractivity contribution in [3.05, 3.63) is 49.9 Å². The Labute approximate surface area is 197 Å². The van der Waals surface area contributed by atoms with Gasteiger partial charge in [0, 0.05) is 30.2 Å². The molecule has 0 fully saturated rings. The van der Waals surface area contributed by atoms with Crippen LogP contribution < -0.4 is 5.32 Å². The van der Waals surface area contributed by atoms with Crippen molar-refractivity contribution in [1.82, 2.24) is 24.5 Å². The van der Waals surface area contributed by atoms with Gasteiger partial charge in [-0.05, 0) is 54.9 Å². The van der Waals surface area contributed by atoms with Crippen molar-refractivity contribution in [2.75, 3.05) is 11.1 Å². The van der Waals surface area contributed by atoms with Crippen LogP contribution in [0.4, 0.5) is 5.69 Å². The molecule has 11 heteroatoms. The van der Waals surface area contributed by atoms with Crippen molar-refractivity contribution in [3.8, 4) is 0 Å². The van der Waals surface area contributed by atoms with E-state index in [0.29, 0.717) is 33.9 Å². The first-order chi connectivity index (χ1) is 14.3. The molecule has 0 spiro atoms. The highest BCUT2D eigenvalue weighted by Gasteiger charge is 2.15. The van der Waals surface area contributed by atoms with Crippen LogP contribution in [0.1, 0.15) is 24.1 Å². The average Bonchev–Trinajstić information content (AvgIpc) is 3.22. The zero-order valence-corrected chi connectivity index (χ0v) is 20.7. The fourth-order valence-corrected chi connectivity index (χ4v) is 4.50. The summed E-state index contributed by atoms with van der Waals surface area (Å²) >= 11 is 16.9. The van der Waals surface area contributed by atoms with Gasteiger partial charge >= 0.3 is 0 Å². The van der Waals surface area contributed by atoms with E-state index in [2.05, 4.69) is 36.5 Å².